The van der Waals surface area contributed by atoms with Crippen LogP contribution >= 0.6 is 0 Å². The summed E-state index contributed by atoms with van der Waals surface area (Å²) in [6.07, 6.45) is 1.07. The Hall–Kier alpha value is -1.10. The van der Waals surface area contributed by atoms with Crippen LogP contribution in [-0.2, 0) is 14.3 Å². The van der Waals surface area contributed by atoms with E-state index in [1.54, 1.807) is 0 Å². The van der Waals surface area contributed by atoms with E-state index in [4.69, 9.17) is 0 Å². The quantitative estimate of drug-likeness (QED) is 0.465. The van der Waals surface area contributed by atoms with Crippen LogP contribution in [0.1, 0.15) is 26.7 Å². The molecule has 0 rings (SSSR count). The first-order chi connectivity index (χ1) is 7.56. The summed E-state index contributed by atoms with van der Waals surface area (Å²) >= 11 is 0. The molecule has 0 saturated heterocycles. The number of rotatable bonds is 8. The number of esters is 1. The van der Waals surface area contributed by atoms with Gasteiger partial charge in [-0.25, -0.2) is 0 Å². The second-order valence-electron chi connectivity index (χ2n) is 4.05. The predicted molar refractivity (Wildman–Crippen MR) is 62.0 cm³/mol. The van der Waals surface area contributed by atoms with Crippen molar-refractivity contribution in [3.8, 4) is 0 Å². The maximum Gasteiger partial charge on any atom is 0.305 e. The Morgan fingerprint density at radius 1 is 1.31 bits per heavy atom. The van der Waals surface area contributed by atoms with Crippen LogP contribution in [0.4, 0.5) is 0 Å². The van der Waals surface area contributed by atoms with Crippen molar-refractivity contribution < 1.29 is 14.3 Å². The first kappa shape index (κ1) is 14.9. The predicted octanol–water partition coefficient (Wildman–Crippen LogP) is 0.301. The molecule has 0 aromatic heterocycles. The van der Waals surface area contributed by atoms with Gasteiger partial charge < -0.3 is 15.4 Å². The monoisotopic (exact) mass is 230 g/mol. The van der Waals surface area contributed by atoms with Crippen LogP contribution in [0.3, 0.4) is 0 Å². The van der Waals surface area contributed by atoms with Gasteiger partial charge in [-0.15, -0.1) is 0 Å². The van der Waals surface area contributed by atoms with Crippen molar-refractivity contribution in [2.24, 2.45) is 5.92 Å². The minimum absolute atomic E-state index is 0.00762. The number of methoxy groups -OCH3 is 1. The summed E-state index contributed by atoms with van der Waals surface area (Å²) in [7, 11) is 1.37. The summed E-state index contributed by atoms with van der Waals surface area (Å²) in [5.74, 6) is 0.237. The van der Waals surface area contributed by atoms with Crippen molar-refractivity contribution in [3.63, 3.8) is 0 Å². The Labute approximate surface area is 96.9 Å². The normalized spacial score (nSPS) is 10.2. The van der Waals surface area contributed by atoms with Crippen molar-refractivity contribution in [2.45, 2.75) is 26.7 Å². The third-order valence-electron chi connectivity index (χ3n) is 1.96. The maximum absolute atomic E-state index is 11.2. The molecule has 0 spiro atoms. The zero-order valence-corrected chi connectivity index (χ0v) is 10.3. The van der Waals surface area contributed by atoms with Gasteiger partial charge in [0.05, 0.1) is 13.7 Å². The van der Waals surface area contributed by atoms with Crippen LogP contribution in [-0.4, -0.2) is 38.6 Å². The van der Waals surface area contributed by atoms with Crippen LogP contribution in [0.15, 0.2) is 0 Å². The Balaban J connectivity index is 3.31. The lowest BCUT2D eigenvalue weighted by molar-refractivity contribution is -0.140. The summed E-state index contributed by atoms with van der Waals surface area (Å²) in [5, 5.41) is 5.77. The van der Waals surface area contributed by atoms with Gasteiger partial charge in [-0.1, -0.05) is 13.8 Å². The van der Waals surface area contributed by atoms with Crippen LogP contribution in [0.25, 0.3) is 0 Å². The fourth-order valence-electron chi connectivity index (χ4n) is 1.04. The van der Waals surface area contributed by atoms with Gasteiger partial charge in [-0.2, -0.15) is 0 Å². The molecule has 94 valence electrons. The third-order valence-corrected chi connectivity index (χ3v) is 1.96. The van der Waals surface area contributed by atoms with E-state index in [0.29, 0.717) is 38.4 Å². The second kappa shape index (κ2) is 9.15. The molecule has 0 fully saturated rings. The average Bonchev–Trinajstić information content (AvgIpc) is 2.25. The van der Waals surface area contributed by atoms with E-state index in [0.717, 1.165) is 0 Å². The summed E-state index contributed by atoms with van der Waals surface area (Å²) in [4.78, 5) is 22.0. The van der Waals surface area contributed by atoms with Crippen molar-refractivity contribution in [2.75, 3.05) is 26.7 Å². The van der Waals surface area contributed by atoms with E-state index in [9.17, 15) is 9.59 Å². The largest absolute Gasteiger partial charge is 0.469 e. The highest BCUT2D eigenvalue weighted by Crippen LogP contribution is 1.89. The zero-order valence-electron chi connectivity index (χ0n) is 10.3. The summed E-state index contributed by atoms with van der Waals surface area (Å²) in [6.45, 7) is 5.73. The fourth-order valence-corrected chi connectivity index (χ4v) is 1.04. The molecule has 5 heteroatoms. The minimum Gasteiger partial charge on any atom is -0.469 e. The van der Waals surface area contributed by atoms with Crippen LogP contribution in [0, 0.1) is 5.92 Å². The number of carbonyl (C=O) groups is 2. The van der Waals surface area contributed by atoms with Gasteiger partial charge in [-0.05, 0) is 18.9 Å². The molecule has 16 heavy (non-hydrogen) atoms. The Bertz CT molecular complexity index is 217. The van der Waals surface area contributed by atoms with Gasteiger partial charge >= 0.3 is 5.97 Å². The molecule has 0 bridgehead atoms. The highest BCUT2D eigenvalue weighted by Gasteiger charge is 2.02. The van der Waals surface area contributed by atoms with E-state index in [1.165, 1.54) is 7.11 Å². The molecular formula is C11H22N2O3. The van der Waals surface area contributed by atoms with Gasteiger partial charge in [0, 0.05) is 13.0 Å². The van der Waals surface area contributed by atoms with Crippen molar-refractivity contribution in [3.05, 3.63) is 0 Å². The number of hydrogen-bond acceptors (Lipinski definition) is 4. The number of hydrogen-bond donors (Lipinski definition) is 2. The third kappa shape index (κ3) is 9.45. The maximum atomic E-state index is 11.2. The molecule has 0 radical (unpaired) electrons. The standard InChI is InChI=1S/C11H22N2O3/c1-9(2)7-13-10(14)8-12-6-4-5-11(15)16-3/h9,12H,4-8H2,1-3H3,(H,13,14). The van der Waals surface area contributed by atoms with Crippen molar-refractivity contribution in [1.82, 2.24) is 10.6 Å². The molecule has 0 aliphatic carbocycles. The number of ether oxygens (including phenoxy) is 1. The molecular weight excluding hydrogens is 208 g/mol. The van der Waals surface area contributed by atoms with Crippen molar-refractivity contribution in [1.29, 1.82) is 0 Å². The zero-order chi connectivity index (χ0) is 12.4. The number of amides is 1. The number of nitrogens with one attached hydrogen (secondary N) is 2. The van der Waals surface area contributed by atoms with E-state index < -0.39 is 0 Å². The Kier molecular flexibility index (Phi) is 8.52. The summed E-state index contributed by atoms with van der Waals surface area (Å²) in [6, 6.07) is 0. The van der Waals surface area contributed by atoms with Gasteiger partial charge in [0.15, 0.2) is 0 Å². The van der Waals surface area contributed by atoms with Gasteiger partial charge in [0.2, 0.25) is 5.91 Å². The van der Waals surface area contributed by atoms with Gasteiger partial charge in [0.25, 0.3) is 0 Å². The molecule has 5 nitrogen and oxygen atoms in total. The topological polar surface area (TPSA) is 67.4 Å². The van der Waals surface area contributed by atoms with E-state index in [2.05, 4.69) is 15.4 Å². The lowest BCUT2D eigenvalue weighted by Crippen LogP contribution is -2.36. The van der Waals surface area contributed by atoms with E-state index >= 15 is 0 Å². The first-order valence-electron chi connectivity index (χ1n) is 5.60. The Morgan fingerprint density at radius 2 is 2.00 bits per heavy atom. The fraction of sp³-hybridized carbons (Fsp3) is 0.818. The molecule has 2 N–H and O–H groups in total. The lowest BCUT2D eigenvalue weighted by Gasteiger charge is -2.08. The number of carbonyl (C=O) groups excluding carboxylic acids is 2. The SMILES string of the molecule is COC(=O)CCCNCC(=O)NCC(C)C. The smallest absolute Gasteiger partial charge is 0.305 e. The lowest BCUT2D eigenvalue weighted by atomic mass is 10.2. The molecule has 0 aromatic carbocycles. The average molecular weight is 230 g/mol. The molecule has 0 aliphatic rings. The highest BCUT2D eigenvalue weighted by atomic mass is 16.5. The van der Waals surface area contributed by atoms with E-state index in [1.807, 2.05) is 13.8 Å². The second-order valence-corrected chi connectivity index (χ2v) is 4.05. The highest BCUT2D eigenvalue weighted by molar-refractivity contribution is 5.77. The molecule has 0 unspecified atom stereocenters. The first-order valence-corrected chi connectivity index (χ1v) is 5.60. The van der Waals surface area contributed by atoms with Crippen LogP contribution < -0.4 is 10.6 Å². The Morgan fingerprint density at radius 3 is 2.56 bits per heavy atom. The molecule has 0 heterocycles. The summed E-state index contributed by atoms with van der Waals surface area (Å²) < 4.78 is 4.50. The van der Waals surface area contributed by atoms with Crippen LogP contribution in [0.5, 0.6) is 0 Å². The summed E-state index contributed by atoms with van der Waals surface area (Å²) in [5.41, 5.74) is 0. The van der Waals surface area contributed by atoms with Gasteiger partial charge in [-0.3, -0.25) is 9.59 Å². The molecule has 0 atom stereocenters. The molecule has 0 saturated carbocycles. The van der Waals surface area contributed by atoms with E-state index in [-0.39, 0.29) is 11.9 Å². The molecule has 0 aliphatic heterocycles. The molecule has 1 amide bonds. The minimum atomic E-state index is -0.217. The van der Waals surface area contributed by atoms with Crippen molar-refractivity contribution >= 4 is 11.9 Å². The molecule has 0 aromatic rings. The van der Waals surface area contributed by atoms with Gasteiger partial charge in [0.1, 0.15) is 0 Å². The van der Waals surface area contributed by atoms with Crippen LogP contribution in [0.2, 0.25) is 0 Å².